The summed E-state index contributed by atoms with van der Waals surface area (Å²) >= 11 is 0. The molecule has 2 aromatic carbocycles. The van der Waals surface area contributed by atoms with Gasteiger partial charge in [-0.2, -0.15) is 0 Å². The lowest BCUT2D eigenvalue weighted by Crippen LogP contribution is -2.18. The number of nitrogens with one attached hydrogen (secondary N) is 1. The van der Waals surface area contributed by atoms with Gasteiger partial charge in [0.1, 0.15) is 5.75 Å². The fourth-order valence-corrected chi connectivity index (χ4v) is 2.06. The summed E-state index contributed by atoms with van der Waals surface area (Å²) in [6.45, 7) is 2.63. The van der Waals surface area contributed by atoms with E-state index >= 15 is 0 Å². The maximum atomic E-state index is 10.7. The quantitative estimate of drug-likeness (QED) is 0.652. The molecule has 5 nitrogen and oxygen atoms in total. The van der Waals surface area contributed by atoms with E-state index in [0.29, 0.717) is 6.54 Å². The molecule has 0 bridgehead atoms. The van der Waals surface area contributed by atoms with Crippen molar-refractivity contribution in [3.63, 3.8) is 0 Å². The summed E-state index contributed by atoms with van der Waals surface area (Å²) < 4.78 is 5.13. The first-order chi connectivity index (χ1) is 10.1. The number of nitro benzene ring substituents is 1. The topological polar surface area (TPSA) is 64.4 Å². The SMILES string of the molecule is COc1ccc([C@H](C)NCc2cccc([N+](=O)[O-])c2)cc1. The molecule has 0 aliphatic rings. The predicted molar refractivity (Wildman–Crippen MR) is 81.3 cm³/mol. The van der Waals surface area contributed by atoms with E-state index in [2.05, 4.69) is 12.2 Å². The van der Waals surface area contributed by atoms with Gasteiger partial charge in [0, 0.05) is 24.7 Å². The second-order valence-corrected chi connectivity index (χ2v) is 4.80. The van der Waals surface area contributed by atoms with Crippen LogP contribution >= 0.6 is 0 Å². The maximum absolute atomic E-state index is 10.7. The molecule has 0 amide bonds. The Balaban J connectivity index is 1.98. The highest BCUT2D eigenvalue weighted by molar-refractivity contribution is 5.34. The van der Waals surface area contributed by atoms with Crippen molar-refractivity contribution < 1.29 is 9.66 Å². The Labute approximate surface area is 123 Å². The summed E-state index contributed by atoms with van der Waals surface area (Å²) in [4.78, 5) is 10.4. The third-order valence-electron chi connectivity index (χ3n) is 3.35. The summed E-state index contributed by atoms with van der Waals surface area (Å²) in [5.74, 6) is 0.824. The molecule has 0 aromatic heterocycles. The van der Waals surface area contributed by atoms with E-state index in [-0.39, 0.29) is 16.7 Å². The lowest BCUT2D eigenvalue weighted by atomic mass is 10.1. The predicted octanol–water partition coefficient (Wildman–Crippen LogP) is 3.45. The van der Waals surface area contributed by atoms with Gasteiger partial charge in [0.25, 0.3) is 5.69 Å². The Morgan fingerprint density at radius 1 is 1.24 bits per heavy atom. The summed E-state index contributed by atoms with van der Waals surface area (Å²) in [5.41, 5.74) is 2.15. The van der Waals surface area contributed by atoms with E-state index in [4.69, 9.17) is 4.74 Å². The summed E-state index contributed by atoms with van der Waals surface area (Å²) in [6.07, 6.45) is 0. The first-order valence-electron chi connectivity index (χ1n) is 6.71. The standard InChI is InChI=1S/C16H18N2O3/c1-12(14-6-8-16(21-2)9-7-14)17-11-13-4-3-5-15(10-13)18(19)20/h3-10,12,17H,11H2,1-2H3/t12-/m0/s1. The van der Waals surface area contributed by atoms with E-state index in [9.17, 15) is 10.1 Å². The minimum absolute atomic E-state index is 0.117. The molecule has 1 N–H and O–H groups in total. The van der Waals surface area contributed by atoms with Gasteiger partial charge < -0.3 is 10.1 Å². The lowest BCUT2D eigenvalue weighted by molar-refractivity contribution is -0.384. The fourth-order valence-electron chi connectivity index (χ4n) is 2.06. The zero-order chi connectivity index (χ0) is 15.2. The Hall–Kier alpha value is -2.40. The highest BCUT2D eigenvalue weighted by Gasteiger charge is 2.08. The normalized spacial score (nSPS) is 11.9. The third-order valence-corrected chi connectivity index (χ3v) is 3.35. The highest BCUT2D eigenvalue weighted by Crippen LogP contribution is 2.18. The Morgan fingerprint density at radius 2 is 1.95 bits per heavy atom. The minimum atomic E-state index is -0.379. The molecular formula is C16H18N2O3. The van der Waals surface area contributed by atoms with Crippen LogP contribution in [-0.4, -0.2) is 12.0 Å². The molecule has 0 aliphatic heterocycles. The first-order valence-corrected chi connectivity index (χ1v) is 6.71. The monoisotopic (exact) mass is 286 g/mol. The van der Waals surface area contributed by atoms with Crippen molar-refractivity contribution >= 4 is 5.69 Å². The number of benzene rings is 2. The molecule has 0 saturated heterocycles. The average Bonchev–Trinajstić information content (AvgIpc) is 2.53. The molecule has 0 aliphatic carbocycles. The van der Waals surface area contributed by atoms with Crippen LogP contribution in [0.15, 0.2) is 48.5 Å². The van der Waals surface area contributed by atoms with Crippen LogP contribution in [0.5, 0.6) is 5.75 Å². The lowest BCUT2D eigenvalue weighted by Gasteiger charge is -2.14. The highest BCUT2D eigenvalue weighted by atomic mass is 16.6. The summed E-state index contributed by atoms with van der Waals surface area (Å²) in [5, 5.41) is 14.1. The van der Waals surface area contributed by atoms with Gasteiger partial charge in [0.05, 0.1) is 12.0 Å². The number of non-ortho nitro benzene ring substituents is 1. The maximum Gasteiger partial charge on any atom is 0.269 e. The number of hydrogen-bond acceptors (Lipinski definition) is 4. The van der Waals surface area contributed by atoms with E-state index in [1.807, 2.05) is 30.3 Å². The van der Waals surface area contributed by atoms with E-state index in [1.54, 1.807) is 19.2 Å². The van der Waals surface area contributed by atoms with Crippen LogP contribution in [0.1, 0.15) is 24.1 Å². The molecule has 0 fully saturated rings. The third kappa shape index (κ3) is 4.03. The number of nitro groups is 1. The zero-order valence-electron chi connectivity index (χ0n) is 12.1. The van der Waals surface area contributed by atoms with Gasteiger partial charge in [0.2, 0.25) is 0 Å². The van der Waals surface area contributed by atoms with Crippen LogP contribution in [0.3, 0.4) is 0 Å². The summed E-state index contributed by atoms with van der Waals surface area (Å²) in [7, 11) is 1.64. The van der Waals surface area contributed by atoms with Crippen LogP contribution < -0.4 is 10.1 Å². The van der Waals surface area contributed by atoms with Crippen LogP contribution in [0, 0.1) is 10.1 Å². The van der Waals surface area contributed by atoms with Gasteiger partial charge in [-0.15, -0.1) is 0 Å². The molecule has 0 radical (unpaired) electrons. The van der Waals surface area contributed by atoms with Gasteiger partial charge in [-0.25, -0.2) is 0 Å². The number of ether oxygens (including phenoxy) is 1. The summed E-state index contributed by atoms with van der Waals surface area (Å²) in [6, 6.07) is 14.7. The number of hydrogen-bond donors (Lipinski definition) is 1. The molecule has 110 valence electrons. The number of methoxy groups -OCH3 is 1. The average molecular weight is 286 g/mol. The largest absolute Gasteiger partial charge is 0.497 e. The van der Waals surface area contributed by atoms with Crippen molar-refractivity contribution in [2.75, 3.05) is 7.11 Å². The van der Waals surface area contributed by atoms with E-state index in [1.165, 1.54) is 6.07 Å². The van der Waals surface area contributed by atoms with Crippen LogP contribution in [-0.2, 0) is 6.54 Å². The van der Waals surface area contributed by atoms with Crippen LogP contribution in [0.25, 0.3) is 0 Å². The molecular weight excluding hydrogens is 268 g/mol. The van der Waals surface area contributed by atoms with Gasteiger partial charge in [-0.05, 0) is 30.2 Å². The minimum Gasteiger partial charge on any atom is -0.497 e. The van der Waals surface area contributed by atoms with Gasteiger partial charge >= 0.3 is 0 Å². The van der Waals surface area contributed by atoms with Crippen molar-refractivity contribution in [1.29, 1.82) is 0 Å². The second kappa shape index (κ2) is 6.85. The smallest absolute Gasteiger partial charge is 0.269 e. The fraction of sp³-hybridized carbons (Fsp3) is 0.250. The van der Waals surface area contributed by atoms with Crippen molar-refractivity contribution in [3.05, 3.63) is 69.8 Å². The van der Waals surface area contributed by atoms with E-state index < -0.39 is 0 Å². The van der Waals surface area contributed by atoms with Gasteiger partial charge in [0.15, 0.2) is 0 Å². The Morgan fingerprint density at radius 3 is 2.57 bits per heavy atom. The van der Waals surface area contributed by atoms with Gasteiger partial charge in [-0.3, -0.25) is 10.1 Å². The molecule has 0 heterocycles. The molecule has 0 saturated carbocycles. The molecule has 2 rings (SSSR count). The number of nitrogens with zero attached hydrogens (tertiary/aromatic N) is 1. The second-order valence-electron chi connectivity index (χ2n) is 4.80. The molecule has 0 unspecified atom stereocenters. The Bertz CT molecular complexity index is 611. The van der Waals surface area contributed by atoms with Crippen LogP contribution in [0.2, 0.25) is 0 Å². The molecule has 2 aromatic rings. The first kappa shape index (κ1) is 15.0. The Kier molecular flexibility index (Phi) is 4.90. The van der Waals surface area contributed by atoms with Crippen molar-refractivity contribution in [3.8, 4) is 5.75 Å². The van der Waals surface area contributed by atoms with Crippen LogP contribution in [0.4, 0.5) is 5.69 Å². The molecule has 0 spiro atoms. The molecule has 21 heavy (non-hydrogen) atoms. The molecule has 1 atom stereocenters. The van der Waals surface area contributed by atoms with Gasteiger partial charge in [-0.1, -0.05) is 24.3 Å². The van der Waals surface area contributed by atoms with Crippen molar-refractivity contribution in [2.45, 2.75) is 19.5 Å². The van der Waals surface area contributed by atoms with Crippen molar-refractivity contribution in [1.82, 2.24) is 5.32 Å². The molecule has 5 heteroatoms. The number of rotatable bonds is 6. The zero-order valence-corrected chi connectivity index (χ0v) is 12.1. The van der Waals surface area contributed by atoms with Crippen molar-refractivity contribution in [2.24, 2.45) is 0 Å². The van der Waals surface area contributed by atoms with E-state index in [0.717, 1.165) is 16.9 Å².